The highest BCUT2D eigenvalue weighted by atomic mass is 16.3. The molecule has 3 aliphatic rings. The lowest BCUT2D eigenvalue weighted by Crippen LogP contribution is -2.52. The van der Waals surface area contributed by atoms with Crippen LogP contribution in [0.3, 0.4) is 0 Å². The van der Waals surface area contributed by atoms with E-state index in [2.05, 4.69) is 66.0 Å². The van der Waals surface area contributed by atoms with E-state index in [0.29, 0.717) is 29.7 Å². The Morgan fingerprint density at radius 2 is 1.79 bits per heavy atom. The van der Waals surface area contributed by atoms with Crippen LogP contribution < -0.4 is 5.32 Å². The summed E-state index contributed by atoms with van der Waals surface area (Å²) in [6, 6.07) is 19.6. The number of phenols is 1. The molecule has 2 aliphatic carbocycles. The molecular formula is C27H29NO. The van der Waals surface area contributed by atoms with Gasteiger partial charge in [-0.2, -0.15) is 0 Å². The smallest absolute Gasteiger partial charge is 0.115 e. The van der Waals surface area contributed by atoms with E-state index in [-0.39, 0.29) is 0 Å². The molecule has 2 N–H and O–H groups in total. The van der Waals surface area contributed by atoms with Gasteiger partial charge in [0.2, 0.25) is 0 Å². The Hall–Kier alpha value is -2.58. The first-order valence-electron chi connectivity index (χ1n) is 10.9. The summed E-state index contributed by atoms with van der Waals surface area (Å²) in [5.41, 5.74) is 5.67. The van der Waals surface area contributed by atoms with Gasteiger partial charge in [-0.25, -0.2) is 0 Å². The van der Waals surface area contributed by atoms with Crippen molar-refractivity contribution in [3.63, 3.8) is 0 Å². The summed E-state index contributed by atoms with van der Waals surface area (Å²) in [6.07, 6.45) is 14.9. The Morgan fingerprint density at radius 1 is 0.931 bits per heavy atom. The van der Waals surface area contributed by atoms with Crippen molar-refractivity contribution in [2.24, 2.45) is 11.8 Å². The molecule has 2 aromatic rings. The van der Waals surface area contributed by atoms with Gasteiger partial charge in [-0.3, -0.25) is 0 Å². The molecule has 1 aliphatic heterocycles. The molecule has 0 aromatic heterocycles. The predicted molar refractivity (Wildman–Crippen MR) is 119 cm³/mol. The molecule has 0 bridgehead atoms. The number of allylic oxidation sites excluding steroid dienone is 2. The van der Waals surface area contributed by atoms with E-state index in [4.69, 9.17) is 0 Å². The first-order valence-corrected chi connectivity index (χ1v) is 10.9. The largest absolute Gasteiger partial charge is 0.508 e. The molecule has 0 spiro atoms. The fourth-order valence-corrected chi connectivity index (χ4v) is 5.41. The molecule has 0 radical (unpaired) electrons. The topological polar surface area (TPSA) is 32.3 Å². The first-order chi connectivity index (χ1) is 14.3. The van der Waals surface area contributed by atoms with Crippen LogP contribution in [-0.2, 0) is 12.8 Å². The zero-order valence-corrected chi connectivity index (χ0v) is 16.8. The van der Waals surface area contributed by atoms with Crippen LogP contribution in [-0.4, -0.2) is 17.2 Å². The molecule has 2 heteroatoms. The van der Waals surface area contributed by atoms with Crippen LogP contribution in [0, 0.1) is 11.8 Å². The normalized spacial score (nSPS) is 28.1. The number of phenolic OH excluding ortho intramolecular Hbond substituents is 1. The number of hydrogen-bond donors (Lipinski definition) is 2. The monoisotopic (exact) mass is 383 g/mol. The maximum absolute atomic E-state index is 9.89. The molecule has 2 aromatic carbocycles. The summed E-state index contributed by atoms with van der Waals surface area (Å²) in [7, 11) is 0. The van der Waals surface area contributed by atoms with Crippen molar-refractivity contribution in [1.29, 1.82) is 0 Å². The quantitative estimate of drug-likeness (QED) is 0.745. The fraction of sp³-hybridized carbons (Fsp3) is 0.333. The highest BCUT2D eigenvalue weighted by Crippen LogP contribution is 2.41. The lowest BCUT2D eigenvalue weighted by atomic mass is 9.68. The van der Waals surface area contributed by atoms with E-state index in [1.165, 1.54) is 29.5 Å². The van der Waals surface area contributed by atoms with Gasteiger partial charge >= 0.3 is 0 Å². The Kier molecular flexibility index (Phi) is 5.12. The number of nitrogens with one attached hydrogen (secondary N) is 1. The molecular weight excluding hydrogens is 354 g/mol. The number of rotatable bonds is 4. The zero-order valence-electron chi connectivity index (χ0n) is 16.8. The van der Waals surface area contributed by atoms with Crippen molar-refractivity contribution in [2.75, 3.05) is 0 Å². The SMILES string of the molecule is Oc1cccc(CC2CCC(Cc3ccccc3)C3NC4CC=CC=C4C=C23)c1. The minimum absolute atomic E-state index is 0.368. The number of aromatic hydroxyl groups is 1. The lowest BCUT2D eigenvalue weighted by Gasteiger charge is -2.45. The second-order valence-corrected chi connectivity index (χ2v) is 8.77. The Labute approximate surface area is 173 Å². The minimum Gasteiger partial charge on any atom is -0.508 e. The maximum atomic E-state index is 9.89. The lowest BCUT2D eigenvalue weighted by molar-refractivity contribution is 0.254. The van der Waals surface area contributed by atoms with Crippen molar-refractivity contribution in [3.8, 4) is 5.75 Å². The van der Waals surface area contributed by atoms with Crippen molar-refractivity contribution >= 4 is 0 Å². The molecule has 2 nitrogen and oxygen atoms in total. The second kappa shape index (κ2) is 8.04. The Bertz CT molecular complexity index is 956. The van der Waals surface area contributed by atoms with Gasteiger partial charge in [0, 0.05) is 12.1 Å². The fourth-order valence-electron chi connectivity index (χ4n) is 5.41. The summed E-state index contributed by atoms with van der Waals surface area (Å²) < 4.78 is 0. The van der Waals surface area contributed by atoms with Crippen molar-refractivity contribution < 1.29 is 5.11 Å². The molecule has 148 valence electrons. The summed E-state index contributed by atoms with van der Waals surface area (Å²) in [5, 5.41) is 13.9. The Balaban J connectivity index is 1.44. The third kappa shape index (κ3) is 3.95. The number of fused-ring (bicyclic) bond motifs is 2. The van der Waals surface area contributed by atoms with E-state index in [9.17, 15) is 5.11 Å². The standard InChI is InChI=1S/C27H29NO/c29-24-11-6-9-20(17-24)16-21-13-14-23(15-19-7-2-1-3-8-19)27-25(21)18-22-10-4-5-12-26(22)28-27/h1-11,17-18,21,23,26-29H,12-16H2. The summed E-state index contributed by atoms with van der Waals surface area (Å²) in [4.78, 5) is 0. The zero-order chi connectivity index (χ0) is 19.6. The van der Waals surface area contributed by atoms with Crippen LogP contribution in [0.15, 0.2) is 90.0 Å². The third-order valence-corrected chi connectivity index (χ3v) is 6.83. The molecule has 4 unspecified atom stereocenters. The van der Waals surface area contributed by atoms with Crippen molar-refractivity contribution in [1.82, 2.24) is 5.32 Å². The Morgan fingerprint density at radius 3 is 2.66 bits per heavy atom. The van der Waals surface area contributed by atoms with E-state index in [1.54, 1.807) is 11.6 Å². The van der Waals surface area contributed by atoms with Gasteiger partial charge < -0.3 is 10.4 Å². The van der Waals surface area contributed by atoms with Gasteiger partial charge in [0.15, 0.2) is 0 Å². The van der Waals surface area contributed by atoms with E-state index in [1.807, 2.05) is 12.1 Å². The van der Waals surface area contributed by atoms with Gasteiger partial charge in [-0.15, -0.1) is 0 Å². The first kappa shape index (κ1) is 18.4. The van der Waals surface area contributed by atoms with Crippen molar-refractivity contribution in [2.45, 2.75) is 44.2 Å². The van der Waals surface area contributed by atoms with Gasteiger partial charge in [0.25, 0.3) is 0 Å². The average Bonchev–Trinajstić information content (AvgIpc) is 2.75. The molecule has 0 saturated heterocycles. The highest BCUT2D eigenvalue weighted by Gasteiger charge is 2.39. The predicted octanol–water partition coefficient (Wildman–Crippen LogP) is 5.36. The highest BCUT2D eigenvalue weighted by molar-refractivity contribution is 5.43. The molecule has 4 atom stereocenters. The third-order valence-electron chi connectivity index (χ3n) is 6.83. The van der Waals surface area contributed by atoms with E-state index >= 15 is 0 Å². The molecule has 5 rings (SSSR count). The van der Waals surface area contributed by atoms with Crippen LogP contribution in [0.1, 0.15) is 30.4 Å². The van der Waals surface area contributed by atoms with Crippen LogP contribution in [0.2, 0.25) is 0 Å². The van der Waals surface area contributed by atoms with Gasteiger partial charge in [0.1, 0.15) is 5.75 Å². The summed E-state index contributed by atoms with van der Waals surface area (Å²) in [5.74, 6) is 1.54. The van der Waals surface area contributed by atoms with Crippen LogP contribution in [0.25, 0.3) is 0 Å². The van der Waals surface area contributed by atoms with Gasteiger partial charge in [0.05, 0.1) is 0 Å². The molecule has 0 amide bonds. The van der Waals surface area contributed by atoms with E-state index < -0.39 is 0 Å². The average molecular weight is 384 g/mol. The molecule has 1 heterocycles. The van der Waals surface area contributed by atoms with Gasteiger partial charge in [-0.05, 0) is 78.3 Å². The molecule has 1 fully saturated rings. The molecule has 29 heavy (non-hydrogen) atoms. The van der Waals surface area contributed by atoms with Crippen LogP contribution in [0.4, 0.5) is 0 Å². The number of benzene rings is 2. The van der Waals surface area contributed by atoms with E-state index in [0.717, 1.165) is 19.3 Å². The van der Waals surface area contributed by atoms with Crippen molar-refractivity contribution in [3.05, 3.63) is 101 Å². The number of hydrogen-bond acceptors (Lipinski definition) is 2. The van der Waals surface area contributed by atoms with Gasteiger partial charge in [-0.1, -0.05) is 66.8 Å². The van der Waals surface area contributed by atoms with Crippen LogP contribution in [0.5, 0.6) is 5.75 Å². The summed E-state index contributed by atoms with van der Waals surface area (Å²) in [6.45, 7) is 0. The maximum Gasteiger partial charge on any atom is 0.115 e. The van der Waals surface area contributed by atoms with Crippen LogP contribution >= 0.6 is 0 Å². The summed E-state index contributed by atoms with van der Waals surface area (Å²) >= 11 is 0. The molecule has 1 saturated carbocycles. The second-order valence-electron chi connectivity index (χ2n) is 8.77. The minimum atomic E-state index is 0.368.